The highest BCUT2D eigenvalue weighted by Gasteiger charge is 2.09. The third-order valence-corrected chi connectivity index (χ3v) is 3.74. The number of aromatic nitrogens is 1. The van der Waals surface area contributed by atoms with Crippen LogP contribution in [-0.2, 0) is 0 Å². The van der Waals surface area contributed by atoms with Crippen LogP contribution in [0.25, 0.3) is 10.9 Å². The number of nitrogens with zero attached hydrogens (tertiary/aromatic N) is 1. The summed E-state index contributed by atoms with van der Waals surface area (Å²) in [6.45, 7) is 0. The van der Waals surface area contributed by atoms with Crippen LogP contribution in [0.15, 0.2) is 64.5 Å². The molecule has 0 aliphatic rings. The average Bonchev–Trinajstić information content (AvgIpc) is 2.42. The third-order valence-electron chi connectivity index (χ3n) is 2.76. The van der Waals surface area contributed by atoms with Crippen LogP contribution in [0.2, 0.25) is 0 Å². The Bertz CT molecular complexity index is 729. The van der Waals surface area contributed by atoms with Crippen LogP contribution in [0.4, 0.5) is 10.1 Å². The molecule has 0 bridgehead atoms. The van der Waals surface area contributed by atoms with Gasteiger partial charge in [0.25, 0.3) is 0 Å². The molecule has 19 heavy (non-hydrogen) atoms. The van der Waals surface area contributed by atoms with Gasteiger partial charge < -0.3 is 5.73 Å². The molecule has 0 atom stereocenters. The number of anilines is 1. The Labute approximate surface area is 114 Å². The number of hydrogen-bond donors (Lipinski definition) is 1. The molecule has 0 aliphatic carbocycles. The van der Waals surface area contributed by atoms with E-state index in [1.165, 1.54) is 17.8 Å². The van der Waals surface area contributed by atoms with Crippen LogP contribution < -0.4 is 5.73 Å². The highest BCUT2D eigenvalue weighted by molar-refractivity contribution is 7.99. The fourth-order valence-corrected chi connectivity index (χ4v) is 2.66. The molecule has 2 nitrogen and oxygen atoms in total. The maximum absolute atomic E-state index is 14.0. The van der Waals surface area contributed by atoms with Crippen LogP contribution in [0.3, 0.4) is 0 Å². The van der Waals surface area contributed by atoms with Crippen LogP contribution in [0.1, 0.15) is 0 Å². The van der Waals surface area contributed by atoms with E-state index in [4.69, 9.17) is 5.73 Å². The normalized spacial score (nSPS) is 10.8. The van der Waals surface area contributed by atoms with Crippen LogP contribution >= 0.6 is 11.8 Å². The minimum absolute atomic E-state index is 0.327. The zero-order valence-electron chi connectivity index (χ0n) is 10.0. The Morgan fingerprint density at radius 3 is 2.58 bits per heavy atom. The first-order valence-electron chi connectivity index (χ1n) is 5.82. The van der Waals surface area contributed by atoms with Gasteiger partial charge in [0, 0.05) is 10.3 Å². The summed E-state index contributed by atoms with van der Waals surface area (Å²) in [5.41, 5.74) is 7.08. The Balaban J connectivity index is 2.09. The molecule has 94 valence electrons. The summed E-state index contributed by atoms with van der Waals surface area (Å²) < 4.78 is 14.0. The predicted octanol–water partition coefficient (Wildman–Crippen LogP) is 4.11. The fraction of sp³-hybridized carbons (Fsp3) is 0. The minimum Gasteiger partial charge on any atom is -0.397 e. The van der Waals surface area contributed by atoms with E-state index in [0.717, 1.165) is 10.3 Å². The lowest BCUT2D eigenvalue weighted by Crippen LogP contribution is -1.93. The quantitative estimate of drug-likeness (QED) is 0.712. The first kappa shape index (κ1) is 12.0. The number of fused-ring (bicyclic) bond motifs is 1. The SMILES string of the molecule is Nc1cccc2cc(F)c(Sc3ccccc3)nc12. The van der Waals surface area contributed by atoms with E-state index >= 15 is 0 Å². The van der Waals surface area contributed by atoms with E-state index in [2.05, 4.69) is 4.98 Å². The van der Waals surface area contributed by atoms with Gasteiger partial charge in [-0.2, -0.15) is 0 Å². The summed E-state index contributed by atoms with van der Waals surface area (Å²) in [5, 5.41) is 1.06. The molecule has 2 aromatic carbocycles. The van der Waals surface area contributed by atoms with Crippen molar-refractivity contribution in [2.45, 2.75) is 9.92 Å². The van der Waals surface area contributed by atoms with Crippen LogP contribution in [-0.4, -0.2) is 4.98 Å². The average molecular weight is 270 g/mol. The maximum atomic E-state index is 14.0. The molecular weight excluding hydrogens is 259 g/mol. The molecule has 0 spiro atoms. The van der Waals surface area contributed by atoms with Crippen LogP contribution in [0.5, 0.6) is 0 Å². The standard InChI is InChI=1S/C15H11FN2S/c16-12-9-10-5-4-8-13(17)14(10)18-15(12)19-11-6-2-1-3-7-11/h1-9H,17H2. The monoisotopic (exact) mass is 270 g/mol. The molecule has 0 radical (unpaired) electrons. The zero-order chi connectivity index (χ0) is 13.2. The summed E-state index contributed by atoms with van der Waals surface area (Å²) in [4.78, 5) is 5.28. The summed E-state index contributed by atoms with van der Waals surface area (Å²) in [5.74, 6) is -0.327. The van der Waals surface area contributed by atoms with E-state index in [-0.39, 0.29) is 5.82 Å². The second-order valence-electron chi connectivity index (χ2n) is 4.11. The molecule has 1 aromatic heterocycles. The first-order valence-corrected chi connectivity index (χ1v) is 6.63. The van der Waals surface area contributed by atoms with E-state index in [9.17, 15) is 4.39 Å². The number of pyridine rings is 1. The summed E-state index contributed by atoms with van der Waals surface area (Å²) in [6.07, 6.45) is 0. The summed E-state index contributed by atoms with van der Waals surface area (Å²) >= 11 is 1.30. The second kappa shape index (κ2) is 4.90. The first-order chi connectivity index (χ1) is 9.24. The van der Waals surface area contributed by atoms with Gasteiger partial charge in [0.1, 0.15) is 5.03 Å². The van der Waals surface area contributed by atoms with Gasteiger partial charge >= 0.3 is 0 Å². The van der Waals surface area contributed by atoms with E-state index in [0.29, 0.717) is 16.2 Å². The molecule has 1 heterocycles. The number of hydrogen-bond acceptors (Lipinski definition) is 3. The molecule has 0 unspecified atom stereocenters. The molecule has 0 fully saturated rings. The zero-order valence-corrected chi connectivity index (χ0v) is 10.8. The molecule has 0 saturated heterocycles. The second-order valence-corrected chi connectivity index (χ2v) is 5.17. The van der Waals surface area contributed by atoms with Crippen molar-refractivity contribution in [3.8, 4) is 0 Å². The largest absolute Gasteiger partial charge is 0.397 e. The van der Waals surface area contributed by atoms with Crippen LogP contribution in [0, 0.1) is 5.82 Å². The maximum Gasteiger partial charge on any atom is 0.156 e. The van der Waals surface area contributed by atoms with Crippen molar-refractivity contribution in [3.05, 3.63) is 60.4 Å². The van der Waals surface area contributed by atoms with Gasteiger partial charge in [0.05, 0.1) is 11.2 Å². The van der Waals surface area contributed by atoms with Crippen molar-refractivity contribution in [1.29, 1.82) is 0 Å². The topological polar surface area (TPSA) is 38.9 Å². The molecule has 4 heteroatoms. The van der Waals surface area contributed by atoms with Crippen molar-refractivity contribution in [2.24, 2.45) is 0 Å². The van der Waals surface area contributed by atoms with Crippen molar-refractivity contribution in [1.82, 2.24) is 4.98 Å². The highest BCUT2D eigenvalue weighted by atomic mass is 32.2. The van der Waals surface area contributed by atoms with Gasteiger partial charge in [-0.1, -0.05) is 42.1 Å². The predicted molar refractivity (Wildman–Crippen MR) is 76.7 cm³/mol. The highest BCUT2D eigenvalue weighted by Crippen LogP contribution is 2.31. The number of benzene rings is 2. The molecule has 0 aliphatic heterocycles. The van der Waals surface area contributed by atoms with Crippen molar-refractivity contribution in [2.75, 3.05) is 5.73 Å². The molecule has 2 N–H and O–H groups in total. The lowest BCUT2D eigenvalue weighted by Gasteiger charge is -2.06. The molecule has 0 amide bonds. The Morgan fingerprint density at radius 2 is 1.79 bits per heavy atom. The van der Waals surface area contributed by atoms with E-state index < -0.39 is 0 Å². The Kier molecular flexibility index (Phi) is 3.09. The molecular formula is C15H11FN2S. The number of halogens is 1. The summed E-state index contributed by atoms with van der Waals surface area (Å²) in [7, 11) is 0. The van der Waals surface area contributed by atoms with Gasteiger partial charge in [-0.25, -0.2) is 9.37 Å². The van der Waals surface area contributed by atoms with E-state index in [1.54, 1.807) is 18.2 Å². The smallest absolute Gasteiger partial charge is 0.156 e. The van der Waals surface area contributed by atoms with Gasteiger partial charge in [0.15, 0.2) is 5.82 Å². The Hall–Kier alpha value is -2.07. The third kappa shape index (κ3) is 2.39. The number of nitrogen functional groups attached to an aromatic ring is 1. The number of rotatable bonds is 2. The van der Waals surface area contributed by atoms with Crippen molar-refractivity contribution < 1.29 is 4.39 Å². The summed E-state index contributed by atoms with van der Waals surface area (Å²) in [6, 6.07) is 16.4. The van der Waals surface area contributed by atoms with Gasteiger partial charge in [0.2, 0.25) is 0 Å². The van der Waals surface area contributed by atoms with Crippen molar-refractivity contribution in [3.63, 3.8) is 0 Å². The fourth-order valence-electron chi connectivity index (χ4n) is 1.85. The van der Waals surface area contributed by atoms with Crippen molar-refractivity contribution >= 4 is 28.4 Å². The number of nitrogens with two attached hydrogens (primary N) is 1. The van der Waals surface area contributed by atoms with Gasteiger partial charge in [-0.3, -0.25) is 0 Å². The minimum atomic E-state index is -0.327. The molecule has 3 rings (SSSR count). The number of para-hydroxylation sites is 1. The van der Waals surface area contributed by atoms with Gasteiger partial charge in [-0.15, -0.1) is 0 Å². The Morgan fingerprint density at radius 1 is 1.00 bits per heavy atom. The molecule has 3 aromatic rings. The lowest BCUT2D eigenvalue weighted by molar-refractivity contribution is 0.592. The van der Waals surface area contributed by atoms with Gasteiger partial charge in [-0.05, 0) is 24.3 Å². The van der Waals surface area contributed by atoms with E-state index in [1.807, 2.05) is 30.3 Å². The lowest BCUT2D eigenvalue weighted by atomic mass is 10.2. The molecule has 0 saturated carbocycles.